The maximum Gasteiger partial charge on any atom is 0.0553 e. The van der Waals surface area contributed by atoms with E-state index in [-0.39, 0.29) is 0 Å². The third-order valence-electron chi connectivity index (χ3n) is 14.5. The monoisotopic (exact) mass is 625 g/mol. The molecule has 6 aliphatic rings. The van der Waals surface area contributed by atoms with Crippen LogP contribution in [0.5, 0.6) is 0 Å². The molecule has 12 unspecified atom stereocenters. The van der Waals surface area contributed by atoms with E-state index in [0.717, 1.165) is 64.3 Å². The molecule has 0 saturated heterocycles. The molecule has 1 heteroatoms. The second-order valence-electron chi connectivity index (χ2n) is 19.8. The Morgan fingerprint density at radius 2 is 1.11 bits per heavy atom. The molecule has 0 spiro atoms. The van der Waals surface area contributed by atoms with Crippen LogP contribution in [-0.4, -0.2) is 8.07 Å². The van der Waals surface area contributed by atoms with Crippen LogP contribution in [0, 0.1) is 75.9 Å². The van der Waals surface area contributed by atoms with Gasteiger partial charge in [-0.1, -0.05) is 136 Å². The van der Waals surface area contributed by atoms with Crippen molar-refractivity contribution >= 4 is 8.07 Å². The van der Waals surface area contributed by atoms with Gasteiger partial charge in [-0.15, -0.1) is 0 Å². The summed E-state index contributed by atoms with van der Waals surface area (Å²) in [5, 5.41) is 0. The van der Waals surface area contributed by atoms with Crippen LogP contribution in [0.2, 0.25) is 24.2 Å². The zero-order chi connectivity index (χ0) is 32.5. The first kappa shape index (κ1) is 33.6. The van der Waals surface area contributed by atoms with E-state index in [9.17, 15) is 0 Å². The van der Waals surface area contributed by atoms with E-state index in [2.05, 4.69) is 136 Å². The van der Waals surface area contributed by atoms with Crippen molar-refractivity contribution in [1.82, 2.24) is 0 Å². The molecule has 6 rings (SSSR count). The first-order chi connectivity index (χ1) is 21.1. The topological polar surface area (TPSA) is 0 Å². The summed E-state index contributed by atoms with van der Waals surface area (Å²) in [6, 6.07) is 0. The quantitative estimate of drug-likeness (QED) is 0.211. The lowest BCUT2D eigenvalue weighted by atomic mass is 9.70. The fourth-order valence-electron chi connectivity index (χ4n) is 12.1. The van der Waals surface area contributed by atoms with Gasteiger partial charge in [0.2, 0.25) is 0 Å². The highest BCUT2D eigenvalue weighted by Gasteiger charge is 2.60. The molecule has 0 radical (unpaired) electrons. The number of fused-ring (bicyclic) bond motifs is 2. The zero-order valence-electron chi connectivity index (χ0n) is 31.0. The van der Waals surface area contributed by atoms with Gasteiger partial charge in [-0.2, -0.15) is 0 Å². The summed E-state index contributed by atoms with van der Waals surface area (Å²) in [6.45, 7) is 28.0. The van der Waals surface area contributed by atoms with Crippen LogP contribution in [0.25, 0.3) is 0 Å². The molecule has 6 aliphatic carbocycles. The molecule has 0 amide bonds. The van der Waals surface area contributed by atoms with E-state index in [0.29, 0.717) is 22.7 Å². The third kappa shape index (κ3) is 6.20. The van der Waals surface area contributed by atoms with Crippen molar-refractivity contribution in [2.24, 2.45) is 75.9 Å². The normalized spacial score (nSPS) is 41.7. The minimum atomic E-state index is -1.65. The Morgan fingerprint density at radius 3 is 1.53 bits per heavy atom. The SMILES string of the molecule is CC(C)C1CC2C(C3=CCC(C(C)(C)C)C=C3)CC=CC2C1[Si](C)(C)C1C(C)CC2C(C3=CCC(C(C)(C)C)C=C3)CC=CC21. The van der Waals surface area contributed by atoms with Gasteiger partial charge in [0.05, 0.1) is 8.07 Å². The van der Waals surface area contributed by atoms with Crippen LogP contribution in [0.3, 0.4) is 0 Å². The Kier molecular flexibility index (Phi) is 9.15. The van der Waals surface area contributed by atoms with E-state index < -0.39 is 8.07 Å². The molecule has 0 heterocycles. The fourth-order valence-corrected chi connectivity index (χ4v) is 18.5. The smallest absolute Gasteiger partial charge is 0.0553 e. The maximum absolute atomic E-state index is 2.87. The van der Waals surface area contributed by atoms with Gasteiger partial charge in [-0.25, -0.2) is 0 Å². The second kappa shape index (κ2) is 12.3. The zero-order valence-corrected chi connectivity index (χ0v) is 32.0. The lowest BCUT2D eigenvalue weighted by molar-refractivity contribution is 0.284. The molecule has 0 aromatic rings. The highest BCUT2D eigenvalue weighted by molar-refractivity contribution is 6.80. The predicted molar refractivity (Wildman–Crippen MR) is 200 cm³/mol. The maximum atomic E-state index is 2.87. The van der Waals surface area contributed by atoms with Crippen molar-refractivity contribution in [2.75, 3.05) is 0 Å². The Morgan fingerprint density at radius 1 is 0.644 bits per heavy atom. The van der Waals surface area contributed by atoms with Gasteiger partial charge in [0.25, 0.3) is 0 Å². The molecule has 0 aromatic carbocycles. The predicted octanol–water partition coefficient (Wildman–Crippen LogP) is 12.9. The molecule has 0 aliphatic heterocycles. The average Bonchev–Trinajstić information content (AvgIpc) is 3.55. The van der Waals surface area contributed by atoms with Crippen LogP contribution in [0.15, 0.2) is 71.9 Å². The molecular formula is C44H68Si. The largest absolute Gasteiger partial charge is 0.0876 e. The number of hydrogen-bond acceptors (Lipinski definition) is 0. The highest BCUT2D eigenvalue weighted by atomic mass is 28.3. The molecular weight excluding hydrogens is 557 g/mol. The van der Waals surface area contributed by atoms with E-state index in [4.69, 9.17) is 0 Å². The van der Waals surface area contributed by atoms with Gasteiger partial charge < -0.3 is 0 Å². The summed E-state index contributed by atoms with van der Waals surface area (Å²) < 4.78 is 0. The summed E-state index contributed by atoms with van der Waals surface area (Å²) in [6.07, 6.45) is 34.2. The minimum absolute atomic E-state index is 0.353. The summed E-state index contributed by atoms with van der Waals surface area (Å²) >= 11 is 0. The van der Waals surface area contributed by atoms with Crippen LogP contribution in [0.1, 0.15) is 101 Å². The lowest BCUT2D eigenvalue weighted by Crippen LogP contribution is -2.47. The van der Waals surface area contributed by atoms with E-state index in [1.54, 1.807) is 11.1 Å². The summed E-state index contributed by atoms with van der Waals surface area (Å²) in [5.41, 5.74) is 5.85. The minimum Gasteiger partial charge on any atom is -0.0876 e. The fraction of sp³-hybridized carbons (Fsp3) is 0.727. The van der Waals surface area contributed by atoms with Crippen LogP contribution in [-0.2, 0) is 0 Å². The average molecular weight is 625 g/mol. The number of rotatable bonds is 5. The van der Waals surface area contributed by atoms with Gasteiger partial charge >= 0.3 is 0 Å². The van der Waals surface area contributed by atoms with Crippen molar-refractivity contribution in [3.05, 3.63) is 71.9 Å². The molecule has 12 atom stereocenters. The molecule has 248 valence electrons. The standard InChI is InChI=1S/C44H68Si/c1-28(2)38-27-40-35(31-20-24-33(25-21-31)44(7,8)9)15-13-17-37(40)42(38)45(10,11)41-29(3)26-39-34(14-12-16-36(39)41)30-18-22-32(23-19-30)43(4,5)6/h12-13,16-22,24,28-29,32-42H,14-15,23,25-27H2,1-11H3. The van der Waals surface area contributed by atoms with E-state index in [1.807, 2.05) is 0 Å². The van der Waals surface area contributed by atoms with Crippen molar-refractivity contribution < 1.29 is 0 Å². The van der Waals surface area contributed by atoms with Crippen LogP contribution >= 0.6 is 0 Å². The van der Waals surface area contributed by atoms with Crippen molar-refractivity contribution in [3.8, 4) is 0 Å². The van der Waals surface area contributed by atoms with E-state index in [1.165, 1.54) is 38.5 Å². The Balaban J connectivity index is 1.25. The Labute approximate surface area is 280 Å². The molecule has 45 heavy (non-hydrogen) atoms. The van der Waals surface area contributed by atoms with Gasteiger partial charge in [0.1, 0.15) is 0 Å². The van der Waals surface area contributed by atoms with Crippen LogP contribution < -0.4 is 0 Å². The number of allylic oxidation sites excluding steroid dienone is 12. The van der Waals surface area contributed by atoms with Gasteiger partial charge in [0.15, 0.2) is 0 Å². The highest BCUT2D eigenvalue weighted by Crippen LogP contribution is 2.66. The summed E-state index contributed by atoms with van der Waals surface area (Å²) in [5.74, 6) is 8.52. The van der Waals surface area contributed by atoms with Crippen molar-refractivity contribution in [3.63, 3.8) is 0 Å². The third-order valence-corrected chi connectivity index (χ3v) is 19.7. The van der Waals surface area contributed by atoms with E-state index >= 15 is 0 Å². The van der Waals surface area contributed by atoms with Gasteiger partial charge in [-0.3, -0.25) is 0 Å². The first-order valence-electron chi connectivity index (χ1n) is 19.2. The summed E-state index contributed by atoms with van der Waals surface area (Å²) in [7, 11) is -1.65. The van der Waals surface area contributed by atoms with Crippen molar-refractivity contribution in [2.45, 2.75) is 125 Å². The van der Waals surface area contributed by atoms with Crippen molar-refractivity contribution in [1.29, 1.82) is 0 Å². The van der Waals surface area contributed by atoms with Crippen LogP contribution in [0.4, 0.5) is 0 Å². The molecule has 2 fully saturated rings. The number of hydrogen-bond donors (Lipinski definition) is 0. The molecule has 0 bridgehead atoms. The summed E-state index contributed by atoms with van der Waals surface area (Å²) in [4.78, 5) is 0. The second-order valence-corrected chi connectivity index (χ2v) is 24.8. The molecule has 0 N–H and O–H groups in total. The Bertz CT molecular complexity index is 1270. The lowest BCUT2D eigenvalue weighted by Gasteiger charge is -2.48. The van der Waals surface area contributed by atoms with Gasteiger partial charge in [0, 0.05) is 0 Å². The first-order valence-corrected chi connectivity index (χ1v) is 22.3. The Hall–Kier alpha value is -1.34. The molecule has 0 aromatic heterocycles. The molecule has 2 saturated carbocycles. The van der Waals surface area contributed by atoms with Gasteiger partial charge in [-0.05, 0) is 137 Å². The molecule has 0 nitrogen and oxygen atoms in total.